The highest BCUT2D eigenvalue weighted by Gasteiger charge is 2.34. The summed E-state index contributed by atoms with van der Waals surface area (Å²) in [7, 11) is 0. The van der Waals surface area contributed by atoms with Crippen LogP contribution >= 0.6 is 0 Å². The molecule has 0 heteroatoms. The maximum atomic E-state index is 2.52. The third kappa shape index (κ3) is 2.38. The molecule has 0 saturated heterocycles. The quantitative estimate of drug-likeness (QED) is 0.668. The van der Waals surface area contributed by atoms with Crippen LogP contribution < -0.4 is 0 Å². The van der Waals surface area contributed by atoms with Crippen LogP contribution in [-0.2, 0) is 6.42 Å². The molecule has 0 N–H and O–H groups in total. The highest BCUT2D eigenvalue weighted by Crippen LogP contribution is 2.47. The van der Waals surface area contributed by atoms with Gasteiger partial charge >= 0.3 is 0 Å². The van der Waals surface area contributed by atoms with Gasteiger partial charge in [-0.3, -0.25) is 0 Å². The number of fused-ring (bicyclic) bond motifs is 1. The maximum Gasteiger partial charge on any atom is -0.00853 e. The second-order valence-electron chi connectivity index (χ2n) is 6.95. The van der Waals surface area contributed by atoms with E-state index in [0.717, 1.165) is 30.1 Å². The largest absolute Gasteiger partial charge is 0.0760 e. The summed E-state index contributed by atoms with van der Waals surface area (Å²) in [6, 6.07) is 9.02. The molecule has 0 radical (unpaired) electrons. The van der Waals surface area contributed by atoms with Crippen LogP contribution in [0.2, 0.25) is 0 Å². The van der Waals surface area contributed by atoms with Crippen molar-refractivity contribution in [3.05, 3.63) is 41.5 Å². The van der Waals surface area contributed by atoms with Gasteiger partial charge in [0, 0.05) is 0 Å². The van der Waals surface area contributed by atoms with Crippen LogP contribution in [0.1, 0.15) is 51.2 Å². The lowest BCUT2D eigenvalue weighted by atomic mass is 9.66. The van der Waals surface area contributed by atoms with E-state index in [0.29, 0.717) is 0 Å². The Morgan fingerprint density at radius 3 is 2.68 bits per heavy atom. The van der Waals surface area contributed by atoms with Crippen LogP contribution in [0.25, 0.3) is 5.57 Å². The van der Waals surface area contributed by atoms with E-state index >= 15 is 0 Å². The molecular weight excluding hydrogens is 228 g/mol. The molecule has 0 bridgehead atoms. The van der Waals surface area contributed by atoms with Crippen LogP contribution in [0, 0.1) is 23.7 Å². The van der Waals surface area contributed by atoms with Crippen molar-refractivity contribution in [2.24, 2.45) is 23.7 Å². The zero-order valence-electron chi connectivity index (χ0n) is 12.5. The molecule has 0 amide bonds. The maximum absolute atomic E-state index is 2.52. The number of rotatable bonds is 2. The minimum Gasteiger partial charge on any atom is -0.0760 e. The molecule has 0 spiro atoms. The van der Waals surface area contributed by atoms with E-state index in [1.165, 1.54) is 19.3 Å². The first-order valence-electron chi connectivity index (χ1n) is 7.95. The zero-order valence-corrected chi connectivity index (χ0v) is 12.5. The molecule has 3 rings (SSSR count). The molecule has 1 aromatic carbocycles. The minimum absolute atomic E-state index is 0.799. The van der Waals surface area contributed by atoms with Crippen LogP contribution in [0.5, 0.6) is 0 Å². The molecule has 0 aromatic heterocycles. The Labute approximate surface area is 117 Å². The Morgan fingerprint density at radius 2 is 1.89 bits per heavy atom. The molecule has 19 heavy (non-hydrogen) atoms. The van der Waals surface area contributed by atoms with E-state index in [1.807, 2.05) is 0 Å². The lowest BCUT2D eigenvalue weighted by Gasteiger charge is -2.38. The Balaban J connectivity index is 1.92. The Morgan fingerprint density at radius 1 is 1.11 bits per heavy atom. The molecule has 1 saturated carbocycles. The topological polar surface area (TPSA) is 0 Å². The number of hydrogen-bond acceptors (Lipinski definition) is 0. The lowest BCUT2D eigenvalue weighted by Crippen LogP contribution is -2.28. The lowest BCUT2D eigenvalue weighted by molar-refractivity contribution is 0.185. The highest BCUT2D eigenvalue weighted by atomic mass is 14.4. The van der Waals surface area contributed by atoms with Crippen molar-refractivity contribution in [3.8, 4) is 0 Å². The molecule has 1 aromatic rings. The van der Waals surface area contributed by atoms with Crippen LogP contribution in [0.4, 0.5) is 0 Å². The fourth-order valence-corrected chi connectivity index (χ4v) is 4.22. The first-order chi connectivity index (χ1) is 9.16. The first kappa shape index (κ1) is 13.0. The zero-order chi connectivity index (χ0) is 13.4. The van der Waals surface area contributed by atoms with Crippen molar-refractivity contribution < 1.29 is 0 Å². The van der Waals surface area contributed by atoms with Gasteiger partial charge in [0.15, 0.2) is 0 Å². The van der Waals surface area contributed by atoms with Crippen molar-refractivity contribution in [2.75, 3.05) is 0 Å². The molecule has 2 aliphatic carbocycles. The van der Waals surface area contributed by atoms with E-state index in [1.54, 1.807) is 16.7 Å². The molecule has 0 unspecified atom stereocenters. The van der Waals surface area contributed by atoms with Gasteiger partial charge in [-0.15, -0.1) is 0 Å². The SMILES string of the molecule is CC(C)[C@H]1CC[C@H](C)C[C@@H]1C1=CCc2ccccc21. The number of benzene rings is 1. The van der Waals surface area contributed by atoms with Crippen molar-refractivity contribution >= 4 is 5.57 Å². The predicted molar refractivity (Wildman–Crippen MR) is 83.0 cm³/mol. The number of allylic oxidation sites excluding steroid dienone is 2. The van der Waals surface area contributed by atoms with E-state index in [2.05, 4.69) is 51.1 Å². The second kappa shape index (κ2) is 5.15. The first-order valence-corrected chi connectivity index (χ1v) is 7.95. The average molecular weight is 254 g/mol. The summed E-state index contributed by atoms with van der Waals surface area (Å²) < 4.78 is 0. The van der Waals surface area contributed by atoms with Crippen LogP contribution in [0.15, 0.2) is 30.3 Å². The van der Waals surface area contributed by atoms with Gasteiger partial charge in [-0.05, 0) is 59.6 Å². The third-order valence-electron chi connectivity index (χ3n) is 5.29. The van der Waals surface area contributed by atoms with Gasteiger partial charge in [0.2, 0.25) is 0 Å². The second-order valence-corrected chi connectivity index (χ2v) is 6.95. The molecule has 2 aliphatic rings. The van der Waals surface area contributed by atoms with Crippen molar-refractivity contribution in [1.82, 2.24) is 0 Å². The Bertz CT molecular complexity index is 481. The summed E-state index contributed by atoms with van der Waals surface area (Å²) in [5, 5.41) is 0. The molecule has 102 valence electrons. The summed E-state index contributed by atoms with van der Waals surface area (Å²) in [5.74, 6) is 3.39. The molecule has 3 atom stereocenters. The third-order valence-corrected chi connectivity index (χ3v) is 5.29. The normalized spacial score (nSPS) is 30.3. The average Bonchev–Trinajstić information content (AvgIpc) is 2.82. The molecule has 0 nitrogen and oxygen atoms in total. The molecular formula is C19H26. The Hall–Kier alpha value is -1.04. The van der Waals surface area contributed by atoms with E-state index < -0.39 is 0 Å². The van der Waals surface area contributed by atoms with Gasteiger partial charge < -0.3 is 0 Å². The Kier molecular flexibility index (Phi) is 3.52. The van der Waals surface area contributed by atoms with E-state index in [9.17, 15) is 0 Å². The fraction of sp³-hybridized carbons (Fsp3) is 0.579. The summed E-state index contributed by atoms with van der Waals surface area (Å²) in [6.45, 7) is 7.26. The van der Waals surface area contributed by atoms with E-state index in [-0.39, 0.29) is 0 Å². The van der Waals surface area contributed by atoms with Gasteiger partial charge in [-0.25, -0.2) is 0 Å². The van der Waals surface area contributed by atoms with Gasteiger partial charge in [0.05, 0.1) is 0 Å². The highest BCUT2D eigenvalue weighted by molar-refractivity contribution is 5.74. The molecule has 0 aliphatic heterocycles. The summed E-state index contributed by atoms with van der Waals surface area (Å²) >= 11 is 0. The van der Waals surface area contributed by atoms with Gasteiger partial charge in [-0.2, -0.15) is 0 Å². The number of hydrogen-bond donors (Lipinski definition) is 0. The smallest absolute Gasteiger partial charge is 0.00853 e. The summed E-state index contributed by atoms with van der Waals surface area (Å²) in [4.78, 5) is 0. The van der Waals surface area contributed by atoms with Crippen LogP contribution in [-0.4, -0.2) is 0 Å². The fourth-order valence-electron chi connectivity index (χ4n) is 4.22. The summed E-state index contributed by atoms with van der Waals surface area (Å²) in [5.41, 5.74) is 4.76. The van der Waals surface area contributed by atoms with E-state index in [4.69, 9.17) is 0 Å². The standard InChI is InChI=1S/C19H26/c1-13(2)16-10-8-14(3)12-19(16)18-11-9-15-6-4-5-7-17(15)18/h4-7,11,13-14,16,19H,8-10,12H2,1-3H3/t14-,16+,19-/m0/s1. The van der Waals surface area contributed by atoms with Gasteiger partial charge in [0.1, 0.15) is 0 Å². The monoisotopic (exact) mass is 254 g/mol. The summed E-state index contributed by atoms with van der Waals surface area (Å²) in [6.07, 6.45) is 7.91. The van der Waals surface area contributed by atoms with Gasteiger partial charge in [-0.1, -0.05) is 57.5 Å². The van der Waals surface area contributed by atoms with Crippen molar-refractivity contribution in [1.29, 1.82) is 0 Å². The van der Waals surface area contributed by atoms with Crippen LogP contribution in [0.3, 0.4) is 0 Å². The minimum atomic E-state index is 0.799. The van der Waals surface area contributed by atoms with Gasteiger partial charge in [0.25, 0.3) is 0 Å². The van der Waals surface area contributed by atoms with Crippen molar-refractivity contribution in [2.45, 2.75) is 46.5 Å². The molecule has 1 fully saturated rings. The molecule has 0 heterocycles. The van der Waals surface area contributed by atoms with Crippen molar-refractivity contribution in [3.63, 3.8) is 0 Å². The predicted octanol–water partition coefficient (Wildman–Crippen LogP) is 5.33.